The normalized spacial score (nSPS) is 10.8. The molecule has 0 atom stereocenters. The second-order valence-electron chi connectivity index (χ2n) is 4.72. The van der Waals surface area contributed by atoms with E-state index >= 15 is 0 Å². The molecule has 1 N–H and O–H groups in total. The van der Waals surface area contributed by atoms with Crippen molar-refractivity contribution in [1.82, 2.24) is 24.8 Å². The van der Waals surface area contributed by atoms with E-state index in [9.17, 15) is 0 Å². The molecule has 108 valence electrons. The molecule has 0 aliphatic rings. The monoisotopic (exact) mass is 346 g/mol. The quantitative estimate of drug-likeness (QED) is 0.770. The largest absolute Gasteiger partial charge is 0.362 e. The van der Waals surface area contributed by atoms with Crippen LogP contribution in [0, 0.1) is 0 Å². The van der Waals surface area contributed by atoms with Gasteiger partial charge >= 0.3 is 0 Å². The number of aromatic nitrogens is 5. The van der Waals surface area contributed by atoms with Gasteiger partial charge in [-0.1, -0.05) is 35.5 Å². The predicted octanol–water partition coefficient (Wildman–Crippen LogP) is 2.43. The summed E-state index contributed by atoms with van der Waals surface area (Å²) in [6.07, 6.45) is 3.68. The van der Waals surface area contributed by atoms with Gasteiger partial charge < -0.3 is 5.32 Å². The Morgan fingerprint density at radius 2 is 2.05 bits per heavy atom. The predicted molar refractivity (Wildman–Crippen MR) is 83.8 cm³/mol. The summed E-state index contributed by atoms with van der Waals surface area (Å²) in [5.41, 5.74) is 2.21. The lowest BCUT2D eigenvalue weighted by molar-refractivity contribution is 0.623. The van der Waals surface area contributed by atoms with Gasteiger partial charge in [0.05, 0.1) is 29.5 Å². The van der Waals surface area contributed by atoms with Gasteiger partial charge in [0, 0.05) is 13.2 Å². The van der Waals surface area contributed by atoms with Crippen molar-refractivity contribution in [2.24, 2.45) is 7.05 Å². The maximum atomic E-state index is 4.33. The SMILES string of the molecule is Cn1cc(Br)c(NCc2cnnn2Cc2ccccc2)n1. The average Bonchev–Trinajstić information content (AvgIpc) is 3.04. The first-order valence-electron chi connectivity index (χ1n) is 6.56. The van der Waals surface area contributed by atoms with Crippen LogP contribution in [-0.2, 0) is 20.1 Å². The fraction of sp³-hybridized carbons (Fsp3) is 0.214. The lowest BCUT2D eigenvalue weighted by Gasteiger charge is -2.07. The van der Waals surface area contributed by atoms with Crippen LogP contribution in [0.1, 0.15) is 11.3 Å². The van der Waals surface area contributed by atoms with Crippen LogP contribution in [0.4, 0.5) is 5.82 Å². The van der Waals surface area contributed by atoms with E-state index in [2.05, 4.69) is 48.8 Å². The summed E-state index contributed by atoms with van der Waals surface area (Å²) in [7, 11) is 1.89. The van der Waals surface area contributed by atoms with Crippen LogP contribution in [-0.4, -0.2) is 24.8 Å². The third-order valence-electron chi connectivity index (χ3n) is 3.09. The first kappa shape index (κ1) is 13.8. The molecule has 0 fully saturated rings. The molecule has 0 spiro atoms. The molecule has 2 aromatic heterocycles. The number of hydrogen-bond donors (Lipinski definition) is 1. The molecule has 0 bridgehead atoms. The Hall–Kier alpha value is -2.15. The zero-order valence-corrected chi connectivity index (χ0v) is 13.2. The van der Waals surface area contributed by atoms with Crippen molar-refractivity contribution >= 4 is 21.7 Å². The Bertz CT molecular complexity index is 718. The van der Waals surface area contributed by atoms with Gasteiger partial charge in [-0.05, 0) is 21.5 Å². The summed E-state index contributed by atoms with van der Waals surface area (Å²) < 4.78 is 4.58. The molecule has 0 radical (unpaired) electrons. The Balaban J connectivity index is 1.69. The molecule has 0 aliphatic heterocycles. The summed E-state index contributed by atoms with van der Waals surface area (Å²) in [6.45, 7) is 1.33. The van der Waals surface area contributed by atoms with Crippen molar-refractivity contribution in [3.63, 3.8) is 0 Å². The van der Waals surface area contributed by atoms with Gasteiger partial charge in [0.15, 0.2) is 5.82 Å². The molecule has 0 aliphatic carbocycles. The number of rotatable bonds is 5. The highest BCUT2D eigenvalue weighted by atomic mass is 79.9. The standard InChI is InChI=1S/C14H15BrN6/c1-20-10-13(15)14(18-20)16-7-12-8-17-19-21(12)9-11-5-3-2-4-6-11/h2-6,8,10H,7,9H2,1H3,(H,16,18). The first-order valence-corrected chi connectivity index (χ1v) is 7.36. The Morgan fingerprint density at radius 1 is 1.24 bits per heavy atom. The van der Waals surface area contributed by atoms with Crippen LogP contribution in [0.25, 0.3) is 0 Å². The highest BCUT2D eigenvalue weighted by Crippen LogP contribution is 2.20. The van der Waals surface area contributed by atoms with E-state index in [4.69, 9.17) is 0 Å². The molecule has 0 saturated heterocycles. The first-order chi connectivity index (χ1) is 10.2. The van der Waals surface area contributed by atoms with Crippen molar-refractivity contribution in [3.05, 3.63) is 58.5 Å². The van der Waals surface area contributed by atoms with E-state index in [1.54, 1.807) is 10.9 Å². The van der Waals surface area contributed by atoms with Crippen LogP contribution in [0.5, 0.6) is 0 Å². The summed E-state index contributed by atoms with van der Waals surface area (Å²) in [6, 6.07) is 10.2. The van der Waals surface area contributed by atoms with Crippen LogP contribution < -0.4 is 5.32 Å². The summed E-state index contributed by atoms with van der Waals surface area (Å²) >= 11 is 3.47. The van der Waals surface area contributed by atoms with E-state index in [1.165, 1.54) is 5.56 Å². The number of nitrogens with zero attached hydrogens (tertiary/aromatic N) is 5. The molecule has 1 aromatic carbocycles. The van der Waals surface area contributed by atoms with Gasteiger partial charge in [-0.15, -0.1) is 5.10 Å². The molecule has 6 nitrogen and oxygen atoms in total. The Labute approximate surface area is 130 Å². The summed E-state index contributed by atoms with van der Waals surface area (Å²) in [5, 5.41) is 15.7. The number of aryl methyl sites for hydroxylation is 1. The zero-order valence-electron chi connectivity index (χ0n) is 11.6. The molecular formula is C14H15BrN6. The zero-order chi connectivity index (χ0) is 14.7. The van der Waals surface area contributed by atoms with Crippen LogP contribution >= 0.6 is 15.9 Å². The van der Waals surface area contributed by atoms with Crippen molar-refractivity contribution in [2.75, 3.05) is 5.32 Å². The molecule has 7 heteroatoms. The van der Waals surface area contributed by atoms with Crippen LogP contribution in [0.2, 0.25) is 0 Å². The number of nitrogens with one attached hydrogen (secondary N) is 1. The maximum absolute atomic E-state index is 4.33. The lowest BCUT2D eigenvalue weighted by atomic mass is 10.2. The smallest absolute Gasteiger partial charge is 0.162 e. The third-order valence-corrected chi connectivity index (χ3v) is 3.67. The summed E-state index contributed by atoms with van der Waals surface area (Å²) in [5.74, 6) is 0.810. The van der Waals surface area contributed by atoms with Crippen molar-refractivity contribution in [2.45, 2.75) is 13.1 Å². The van der Waals surface area contributed by atoms with Crippen LogP contribution in [0.3, 0.4) is 0 Å². The Morgan fingerprint density at radius 3 is 2.76 bits per heavy atom. The number of benzene rings is 1. The van der Waals surface area contributed by atoms with Gasteiger partial charge in [-0.3, -0.25) is 4.68 Å². The minimum atomic E-state index is 0.620. The Kier molecular flexibility index (Phi) is 4.01. The van der Waals surface area contributed by atoms with E-state index in [1.807, 2.05) is 36.1 Å². The minimum absolute atomic E-state index is 0.620. The second-order valence-corrected chi connectivity index (χ2v) is 5.58. The highest BCUT2D eigenvalue weighted by molar-refractivity contribution is 9.10. The number of anilines is 1. The van der Waals surface area contributed by atoms with E-state index in [0.717, 1.165) is 16.0 Å². The average molecular weight is 347 g/mol. The van der Waals surface area contributed by atoms with Crippen molar-refractivity contribution in [1.29, 1.82) is 0 Å². The van der Waals surface area contributed by atoms with E-state index in [0.29, 0.717) is 13.1 Å². The summed E-state index contributed by atoms with van der Waals surface area (Å²) in [4.78, 5) is 0. The molecular weight excluding hydrogens is 332 g/mol. The second kappa shape index (κ2) is 6.09. The minimum Gasteiger partial charge on any atom is -0.362 e. The van der Waals surface area contributed by atoms with E-state index in [-0.39, 0.29) is 0 Å². The van der Waals surface area contributed by atoms with Gasteiger partial charge in [0.25, 0.3) is 0 Å². The molecule has 0 unspecified atom stereocenters. The fourth-order valence-corrected chi connectivity index (χ4v) is 2.57. The topological polar surface area (TPSA) is 60.6 Å². The van der Waals surface area contributed by atoms with Crippen molar-refractivity contribution in [3.8, 4) is 0 Å². The van der Waals surface area contributed by atoms with Crippen LogP contribution in [0.15, 0.2) is 47.2 Å². The maximum Gasteiger partial charge on any atom is 0.162 e. The highest BCUT2D eigenvalue weighted by Gasteiger charge is 2.08. The number of hydrogen-bond acceptors (Lipinski definition) is 4. The molecule has 21 heavy (non-hydrogen) atoms. The van der Waals surface area contributed by atoms with Gasteiger partial charge in [-0.25, -0.2) is 4.68 Å². The molecule has 0 saturated carbocycles. The molecule has 3 aromatic rings. The lowest BCUT2D eigenvalue weighted by Crippen LogP contribution is -2.10. The van der Waals surface area contributed by atoms with E-state index < -0.39 is 0 Å². The molecule has 3 rings (SSSR count). The number of halogens is 1. The fourth-order valence-electron chi connectivity index (χ4n) is 2.06. The molecule has 2 heterocycles. The van der Waals surface area contributed by atoms with Gasteiger partial charge in [0.1, 0.15) is 0 Å². The van der Waals surface area contributed by atoms with Crippen molar-refractivity contribution < 1.29 is 0 Å². The van der Waals surface area contributed by atoms with Gasteiger partial charge in [-0.2, -0.15) is 5.10 Å². The third kappa shape index (κ3) is 3.30. The van der Waals surface area contributed by atoms with Gasteiger partial charge in [0.2, 0.25) is 0 Å². The molecule has 0 amide bonds.